The summed E-state index contributed by atoms with van der Waals surface area (Å²) in [6.07, 6.45) is 13.8. The van der Waals surface area contributed by atoms with Crippen molar-refractivity contribution in [2.45, 2.75) is 116 Å². The van der Waals surface area contributed by atoms with E-state index in [1.807, 2.05) is 0 Å². The van der Waals surface area contributed by atoms with Crippen molar-refractivity contribution in [3.05, 3.63) is 0 Å². The molecule has 3 aliphatic rings. The number of thioether (sulfide) groups is 1. The van der Waals surface area contributed by atoms with E-state index in [-0.39, 0.29) is 5.60 Å². The van der Waals surface area contributed by atoms with Gasteiger partial charge in [-0.15, -0.1) is 0 Å². The van der Waals surface area contributed by atoms with Crippen LogP contribution in [0.3, 0.4) is 0 Å². The zero-order chi connectivity index (χ0) is 20.2. The van der Waals surface area contributed by atoms with Crippen LogP contribution in [0.5, 0.6) is 0 Å². The highest BCUT2D eigenvalue weighted by molar-refractivity contribution is 8.06. The molecule has 1 unspecified atom stereocenters. The monoisotopic (exact) mass is 410 g/mol. The van der Waals surface area contributed by atoms with Gasteiger partial charge in [0.15, 0.2) is 0 Å². The van der Waals surface area contributed by atoms with E-state index in [4.69, 9.17) is 9.47 Å². The average Bonchev–Trinajstić information content (AvgIpc) is 3.55. The molecule has 3 fully saturated rings. The summed E-state index contributed by atoms with van der Waals surface area (Å²) in [5.41, 5.74) is 0.619. The second-order valence-corrected chi connectivity index (χ2v) is 11.7. The van der Waals surface area contributed by atoms with Crippen LogP contribution in [0.2, 0.25) is 0 Å². The van der Waals surface area contributed by atoms with Crippen molar-refractivity contribution in [3.8, 4) is 0 Å². The van der Waals surface area contributed by atoms with Gasteiger partial charge in [-0.2, -0.15) is 11.8 Å². The number of rotatable bonds is 10. The summed E-state index contributed by atoms with van der Waals surface area (Å²) in [6.45, 7) is 13.9. The van der Waals surface area contributed by atoms with Crippen molar-refractivity contribution in [1.29, 1.82) is 0 Å². The molecule has 3 heteroatoms. The molecule has 0 N–H and O–H groups in total. The first-order chi connectivity index (χ1) is 13.4. The van der Waals surface area contributed by atoms with Crippen molar-refractivity contribution < 1.29 is 9.47 Å². The molecule has 1 aliphatic heterocycles. The van der Waals surface area contributed by atoms with Gasteiger partial charge in [-0.3, -0.25) is 0 Å². The zero-order valence-corrected chi connectivity index (χ0v) is 20.1. The van der Waals surface area contributed by atoms with Gasteiger partial charge in [-0.1, -0.05) is 27.7 Å². The molecular weight excluding hydrogens is 364 g/mol. The molecule has 0 spiro atoms. The van der Waals surface area contributed by atoms with Crippen LogP contribution in [-0.2, 0) is 9.47 Å². The second-order valence-electron chi connectivity index (χ2n) is 10.3. The summed E-state index contributed by atoms with van der Waals surface area (Å²) in [5, 5.41) is 0.819. The van der Waals surface area contributed by atoms with Crippen molar-refractivity contribution in [2.24, 2.45) is 23.2 Å². The summed E-state index contributed by atoms with van der Waals surface area (Å²) in [7, 11) is 0. The first kappa shape index (κ1) is 22.9. The van der Waals surface area contributed by atoms with Gasteiger partial charge in [0, 0.05) is 17.6 Å². The lowest BCUT2D eigenvalue weighted by molar-refractivity contribution is -0.107. The Labute approximate surface area is 179 Å². The Morgan fingerprint density at radius 2 is 1.29 bits per heavy atom. The summed E-state index contributed by atoms with van der Waals surface area (Å²) in [5.74, 6) is 3.87. The molecule has 0 aromatic rings. The van der Waals surface area contributed by atoms with Crippen molar-refractivity contribution in [3.63, 3.8) is 0 Å². The summed E-state index contributed by atoms with van der Waals surface area (Å²) >= 11 is 2.05. The standard InChI is InChI=1S/C25H46O2S/c1-6-25(7-2,27-8-3)21-11-9-19(10-12-21)24(4,5)20-13-15-22(16-14-20)26-17-23-18-28-23/h19-23H,6-18H2,1-5H3. The summed E-state index contributed by atoms with van der Waals surface area (Å²) in [6, 6.07) is 0. The van der Waals surface area contributed by atoms with Crippen LogP contribution in [0.25, 0.3) is 0 Å². The lowest BCUT2D eigenvalue weighted by Gasteiger charge is -2.49. The van der Waals surface area contributed by atoms with Gasteiger partial charge >= 0.3 is 0 Å². The Balaban J connectivity index is 1.48. The fourth-order valence-corrected chi connectivity index (χ4v) is 6.92. The van der Waals surface area contributed by atoms with E-state index in [0.29, 0.717) is 11.5 Å². The molecule has 2 aliphatic carbocycles. The largest absolute Gasteiger partial charge is 0.377 e. The Morgan fingerprint density at radius 3 is 1.75 bits per heavy atom. The molecule has 0 aromatic carbocycles. The molecule has 164 valence electrons. The van der Waals surface area contributed by atoms with Crippen molar-refractivity contribution in [1.82, 2.24) is 0 Å². The van der Waals surface area contributed by atoms with Gasteiger partial charge in [0.25, 0.3) is 0 Å². The Kier molecular flexibility index (Phi) is 8.24. The quantitative estimate of drug-likeness (QED) is 0.358. The minimum absolute atomic E-state index is 0.138. The molecule has 28 heavy (non-hydrogen) atoms. The van der Waals surface area contributed by atoms with Crippen molar-refractivity contribution in [2.75, 3.05) is 19.0 Å². The average molecular weight is 411 g/mol. The van der Waals surface area contributed by atoms with E-state index < -0.39 is 0 Å². The van der Waals surface area contributed by atoms with E-state index in [0.717, 1.165) is 36.2 Å². The number of ether oxygens (including phenoxy) is 2. The predicted octanol–water partition coefficient (Wildman–Crippen LogP) is 7.11. The van der Waals surface area contributed by atoms with E-state index >= 15 is 0 Å². The molecule has 0 aromatic heterocycles. The summed E-state index contributed by atoms with van der Waals surface area (Å²) < 4.78 is 12.5. The molecule has 2 saturated carbocycles. The lowest BCUT2D eigenvalue weighted by atomic mass is 9.58. The van der Waals surface area contributed by atoms with Gasteiger partial charge in [-0.25, -0.2) is 0 Å². The third kappa shape index (κ3) is 5.30. The third-order valence-corrected chi connectivity index (χ3v) is 9.74. The second kappa shape index (κ2) is 10.1. The maximum atomic E-state index is 6.35. The highest BCUT2D eigenvalue weighted by Gasteiger charge is 2.44. The normalized spacial score (nSPS) is 34.4. The highest BCUT2D eigenvalue weighted by atomic mass is 32.2. The Hall–Kier alpha value is 0.270. The minimum atomic E-state index is 0.138. The molecular formula is C25H46O2S. The SMILES string of the molecule is CCOC(CC)(CC)C1CCC(C(C)(C)C2CCC(OCC3CS3)CC2)CC1. The first-order valence-electron chi connectivity index (χ1n) is 12.3. The molecule has 0 bridgehead atoms. The topological polar surface area (TPSA) is 18.5 Å². The fraction of sp³-hybridized carbons (Fsp3) is 1.00. The number of hydrogen-bond donors (Lipinski definition) is 0. The minimum Gasteiger partial charge on any atom is -0.377 e. The van der Waals surface area contributed by atoms with Crippen LogP contribution in [0.1, 0.15) is 98.8 Å². The molecule has 0 radical (unpaired) electrons. The molecule has 3 rings (SSSR count). The smallest absolute Gasteiger partial charge is 0.0705 e. The maximum Gasteiger partial charge on any atom is 0.0705 e. The fourth-order valence-electron chi connectivity index (χ4n) is 6.51. The van der Waals surface area contributed by atoms with E-state index in [9.17, 15) is 0 Å². The van der Waals surface area contributed by atoms with E-state index in [2.05, 4.69) is 46.4 Å². The highest BCUT2D eigenvalue weighted by Crippen LogP contribution is 2.51. The summed E-state index contributed by atoms with van der Waals surface area (Å²) in [4.78, 5) is 0. The van der Waals surface area contributed by atoms with Gasteiger partial charge in [-0.05, 0) is 94.3 Å². The maximum absolute atomic E-state index is 6.35. The zero-order valence-electron chi connectivity index (χ0n) is 19.3. The van der Waals surface area contributed by atoms with Crippen LogP contribution in [0.4, 0.5) is 0 Å². The molecule has 1 saturated heterocycles. The Bertz CT molecular complexity index is 453. The lowest BCUT2D eigenvalue weighted by Crippen LogP contribution is -2.44. The molecule has 2 nitrogen and oxygen atoms in total. The van der Waals surface area contributed by atoms with Crippen LogP contribution in [-0.4, -0.2) is 35.9 Å². The van der Waals surface area contributed by atoms with Gasteiger partial charge in [0.05, 0.1) is 18.3 Å². The van der Waals surface area contributed by atoms with Gasteiger partial charge in [0.2, 0.25) is 0 Å². The van der Waals surface area contributed by atoms with E-state index in [1.165, 1.54) is 70.0 Å². The predicted molar refractivity (Wildman–Crippen MR) is 122 cm³/mol. The van der Waals surface area contributed by atoms with Crippen LogP contribution < -0.4 is 0 Å². The molecule has 1 atom stereocenters. The van der Waals surface area contributed by atoms with Crippen molar-refractivity contribution >= 4 is 11.8 Å². The Morgan fingerprint density at radius 1 is 0.786 bits per heavy atom. The molecule has 0 amide bonds. The van der Waals surface area contributed by atoms with Gasteiger partial charge < -0.3 is 9.47 Å². The van der Waals surface area contributed by atoms with Crippen LogP contribution in [0, 0.1) is 23.2 Å². The van der Waals surface area contributed by atoms with E-state index in [1.54, 1.807) is 0 Å². The van der Waals surface area contributed by atoms with Crippen LogP contribution >= 0.6 is 11.8 Å². The third-order valence-electron chi connectivity index (χ3n) is 8.80. The first-order valence-corrected chi connectivity index (χ1v) is 13.4. The molecule has 1 heterocycles. The van der Waals surface area contributed by atoms with Gasteiger partial charge in [0.1, 0.15) is 0 Å². The number of hydrogen-bond acceptors (Lipinski definition) is 3. The van der Waals surface area contributed by atoms with Crippen LogP contribution in [0.15, 0.2) is 0 Å².